The Kier molecular flexibility index (Phi) is 6.97. The highest BCUT2D eigenvalue weighted by atomic mass is 16.3. The first-order valence-electron chi connectivity index (χ1n) is 7.79. The Morgan fingerprint density at radius 2 is 1.47 bits per heavy atom. The molecule has 1 nitrogen and oxygen atoms in total. The maximum atomic E-state index is 9.26. The molecule has 19 heavy (non-hydrogen) atoms. The molecule has 1 aromatic rings. The molecule has 0 fully saturated rings. The monoisotopic (exact) mass is 262 g/mol. The van der Waals surface area contributed by atoms with Gasteiger partial charge in [-0.15, -0.1) is 0 Å². The van der Waals surface area contributed by atoms with Gasteiger partial charge < -0.3 is 5.11 Å². The molecule has 3 unspecified atom stereocenters. The zero-order valence-electron chi connectivity index (χ0n) is 13.0. The quantitative estimate of drug-likeness (QED) is 0.663. The fourth-order valence-corrected chi connectivity index (χ4v) is 2.83. The van der Waals surface area contributed by atoms with Crippen LogP contribution < -0.4 is 0 Å². The summed E-state index contributed by atoms with van der Waals surface area (Å²) in [6.45, 7) is 9.40. The highest BCUT2D eigenvalue weighted by molar-refractivity contribution is 5.25. The van der Waals surface area contributed by atoms with Gasteiger partial charge in [0.05, 0.1) is 0 Å². The lowest BCUT2D eigenvalue weighted by Crippen LogP contribution is -2.08. The van der Waals surface area contributed by atoms with Crippen LogP contribution in [0.1, 0.15) is 58.9 Å². The maximum Gasteiger partial charge on any atom is 0.115 e. The van der Waals surface area contributed by atoms with E-state index in [1.807, 2.05) is 12.1 Å². The zero-order valence-corrected chi connectivity index (χ0v) is 13.0. The van der Waals surface area contributed by atoms with Crippen molar-refractivity contribution in [3.63, 3.8) is 0 Å². The fraction of sp³-hybridized carbons (Fsp3) is 0.667. The molecule has 1 aromatic carbocycles. The lowest BCUT2D eigenvalue weighted by Gasteiger charge is -2.20. The molecule has 0 aliphatic rings. The van der Waals surface area contributed by atoms with Crippen molar-refractivity contribution in [2.75, 3.05) is 0 Å². The van der Waals surface area contributed by atoms with E-state index in [0.29, 0.717) is 5.75 Å². The predicted octanol–water partition coefficient (Wildman–Crippen LogP) is 5.42. The lowest BCUT2D eigenvalue weighted by atomic mass is 9.86. The first-order valence-corrected chi connectivity index (χ1v) is 7.79. The van der Waals surface area contributed by atoms with Gasteiger partial charge in [-0.1, -0.05) is 46.2 Å². The summed E-state index contributed by atoms with van der Waals surface area (Å²) in [5, 5.41) is 9.26. The summed E-state index contributed by atoms with van der Waals surface area (Å²) in [5.74, 6) is 2.84. The van der Waals surface area contributed by atoms with E-state index in [0.717, 1.165) is 24.2 Å². The molecule has 108 valence electrons. The highest BCUT2D eigenvalue weighted by Crippen LogP contribution is 2.24. The van der Waals surface area contributed by atoms with Crippen molar-refractivity contribution in [1.29, 1.82) is 0 Å². The van der Waals surface area contributed by atoms with E-state index in [4.69, 9.17) is 0 Å². The normalized spacial score (nSPS) is 16.0. The van der Waals surface area contributed by atoms with Crippen LogP contribution in [0.15, 0.2) is 24.3 Å². The van der Waals surface area contributed by atoms with Crippen molar-refractivity contribution < 1.29 is 5.11 Å². The van der Waals surface area contributed by atoms with E-state index in [-0.39, 0.29) is 0 Å². The Bertz CT molecular complexity index is 341. The number of aromatic hydroxyl groups is 1. The minimum absolute atomic E-state index is 0.360. The molecule has 0 radical (unpaired) electrons. The number of rotatable bonds is 8. The van der Waals surface area contributed by atoms with Gasteiger partial charge in [0.25, 0.3) is 0 Å². The van der Waals surface area contributed by atoms with Gasteiger partial charge in [0.1, 0.15) is 5.75 Å². The molecule has 0 heterocycles. The summed E-state index contributed by atoms with van der Waals surface area (Å²) >= 11 is 0. The maximum absolute atomic E-state index is 9.26. The van der Waals surface area contributed by atoms with E-state index in [1.54, 1.807) is 12.1 Å². The Labute approximate surface area is 119 Å². The largest absolute Gasteiger partial charge is 0.508 e. The minimum atomic E-state index is 0.360. The number of phenols is 1. The van der Waals surface area contributed by atoms with Gasteiger partial charge in [0, 0.05) is 0 Å². The molecular formula is C18H30O. The molecule has 0 aliphatic heterocycles. The van der Waals surface area contributed by atoms with Gasteiger partial charge in [-0.25, -0.2) is 0 Å². The van der Waals surface area contributed by atoms with Crippen molar-refractivity contribution in [1.82, 2.24) is 0 Å². The van der Waals surface area contributed by atoms with E-state index in [2.05, 4.69) is 27.7 Å². The summed E-state index contributed by atoms with van der Waals surface area (Å²) in [4.78, 5) is 0. The third-order valence-electron chi connectivity index (χ3n) is 4.17. The van der Waals surface area contributed by atoms with Gasteiger partial charge in [-0.3, -0.25) is 0 Å². The number of hydrogen-bond donors (Lipinski definition) is 1. The van der Waals surface area contributed by atoms with Crippen molar-refractivity contribution in [3.8, 4) is 5.75 Å². The molecule has 0 saturated carbocycles. The van der Waals surface area contributed by atoms with Crippen LogP contribution in [0.4, 0.5) is 0 Å². The Morgan fingerprint density at radius 3 is 2.05 bits per heavy atom. The van der Waals surface area contributed by atoms with Crippen LogP contribution in [-0.2, 0) is 6.42 Å². The van der Waals surface area contributed by atoms with Crippen LogP contribution in [0.25, 0.3) is 0 Å². The topological polar surface area (TPSA) is 20.2 Å². The molecule has 0 saturated heterocycles. The standard InChI is InChI=1S/C18H30O/c1-5-14(2)12-16(4)13-15(3)6-7-17-8-10-18(19)11-9-17/h8-11,14-16,19H,5-7,12-13H2,1-4H3. The second-order valence-electron chi connectivity index (χ2n) is 6.40. The highest BCUT2D eigenvalue weighted by Gasteiger charge is 2.11. The molecule has 1 N–H and O–H groups in total. The van der Waals surface area contributed by atoms with Gasteiger partial charge in [-0.05, 0) is 61.1 Å². The molecule has 0 aromatic heterocycles. The summed E-state index contributed by atoms with van der Waals surface area (Å²) < 4.78 is 0. The smallest absolute Gasteiger partial charge is 0.115 e. The van der Waals surface area contributed by atoms with Crippen molar-refractivity contribution in [2.45, 2.75) is 59.8 Å². The van der Waals surface area contributed by atoms with E-state index in [9.17, 15) is 5.11 Å². The first-order chi connectivity index (χ1) is 9.01. The Balaban J connectivity index is 2.27. The number of phenolic OH excluding ortho intramolecular Hbond substituents is 1. The van der Waals surface area contributed by atoms with E-state index in [1.165, 1.54) is 31.2 Å². The van der Waals surface area contributed by atoms with Crippen LogP contribution in [0.3, 0.4) is 0 Å². The molecule has 0 spiro atoms. The van der Waals surface area contributed by atoms with Gasteiger partial charge in [0.15, 0.2) is 0 Å². The average molecular weight is 262 g/mol. The Morgan fingerprint density at radius 1 is 0.895 bits per heavy atom. The molecular weight excluding hydrogens is 232 g/mol. The third kappa shape index (κ3) is 6.66. The third-order valence-corrected chi connectivity index (χ3v) is 4.17. The van der Waals surface area contributed by atoms with Crippen molar-refractivity contribution >= 4 is 0 Å². The number of benzene rings is 1. The summed E-state index contributed by atoms with van der Waals surface area (Å²) in [5.41, 5.74) is 1.33. The molecule has 0 aliphatic carbocycles. The lowest BCUT2D eigenvalue weighted by molar-refractivity contribution is 0.330. The second kappa shape index (κ2) is 8.24. The van der Waals surface area contributed by atoms with Crippen LogP contribution >= 0.6 is 0 Å². The SMILES string of the molecule is CCC(C)CC(C)CC(C)CCc1ccc(O)cc1. The predicted molar refractivity (Wildman–Crippen MR) is 83.4 cm³/mol. The zero-order chi connectivity index (χ0) is 14.3. The molecule has 1 rings (SSSR count). The average Bonchev–Trinajstić information content (AvgIpc) is 2.37. The van der Waals surface area contributed by atoms with Crippen LogP contribution in [-0.4, -0.2) is 5.11 Å². The number of hydrogen-bond acceptors (Lipinski definition) is 1. The van der Waals surface area contributed by atoms with Gasteiger partial charge >= 0.3 is 0 Å². The molecule has 3 atom stereocenters. The van der Waals surface area contributed by atoms with Crippen molar-refractivity contribution in [3.05, 3.63) is 29.8 Å². The second-order valence-corrected chi connectivity index (χ2v) is 6.40. The summed E-state index contributed by atoms with van der Waals surface area (Å²) in [6.07, 6.45) is 6.36. The van der Waals surface area contributed by atoms with Gasteiger partial charge in [-0.2, -0.15) is 0 Å². The van der Waals surface area contributed by atoms with Crippen molar-refractivity contribution in [2.24, 2.45) is 17.8 Å². The summed E-state index contributed by atoms with van der Waals surface area (Å²) in [6, 6.07) is 7.63. The van der Waals surface area contributed by atoms with Gasteiger partial charge in [0.2, 0.25) is 0 Å². The molecule has 1 heteroatoms. The minimum Gasteiger partial charge on any atom is -0.508 e. The first kappa shape index (κ1) is 16.1. The fourth-order valence-electron chi connectivity index (χ4n) is 2.83. The molecule has 0 amide bonds. The molecule has 0 bridgehead atoms. The van der Waals surface area contributed by atoms with Crippen LogP contribution in [0.5, 0.6) is 5.75 Å². The Hall–Kier alpha value is -0.980. The number of aryl methyl sites for hydroxylation is 1. The van der Waals surface area contributed by atoms with E-state index < -0.39 is 0 Å². The van der Waals surface area contributed by atoms with E-state index >= 15 is 0 Å². The van der Waals surface area contributed by atoms with Crippen LogP contribution in [0, 0.1) is 17.8 Å². The summed E-state index contributed by atoms with van der Waals surface area (Å²) in [7, 11) is 0. The van der Waals surface area contributed by atoms with Crippen LogP contribution in [0.2, 0.25) is 0 Å².